The lowest BCUT2D eigenvalue weighted by Crippen LogP contribution is -2.18. The molecule has 0 unspecified atom stereocenters. The molecule has 0 heterocycles. The largest absolute Gasteiger partial charge is 0.495 e. The molecular formula is C11H14NO3. The van der Waals surface area contributed by atoms with E-state index in [4.69, 9.17) is 9.47 Å². The summed E-state index contributed by atoms with van der Waals surface area (Å²) in [7, 11) is 1.54. The van der Waals surface area contributed by atoms with Crippen molar-refractivity contribution >= 4 is 11.8 Å². The van der Waals surface area contributed by atoms with Crippen molar-refractivity contribution in [2.24, 2.45) is 0 Å². The number of anilines is 1. The smallest absolute Gasteiger partial charge is 0.411 e. The monoisotopic (exact) mass is 208 g/mol. The van der Waals surface area contributed by atoms with Crippen LogP contribution in [0.25, 0.3) is 0 Å². The molecule has 0 aliphatic carbocycles. The maximum Gasteiger partial charge on any atom is 0.411 e. The third kappa shape index (κ3) is 3.50. The summed E-state index contributed by atoms with van der Waals surface area (Å²) in [5, 5.41) is 2.58. The highest BCUT2D eigenvalue weighted by molar-refractivity contribution is 5.86. The van der Waals surface area contributed by atoms with Gasteiger partial charge in [0, 0.05) is 0 Å². The van der Waals surface area contributed by atoms with Crippen molar-refractivity contribution in [2.45, 2.75) is 20.0 Å². The van der Waals surface area contributed by atoms with Crippen LogP contribution in [0.1, 0.15) is 13.8 Å². The quantitative estimate of drug-likeness (QED) is 0.829. The van der Waals surface area contributed by atoms with Crippen molar-refractivity contribution in [1.82, 2.24) is 0 Å². The van der Waals surface area contributed by atoms with Gasteiger partial charge in [-0.25, -0.2) is 4.79 Å². The zero-order valence-electron chi connectivity index (χ0n) is 9.03. The lowest BCUT2D eigenvalue weighted by atomic mass is 10.3. The van der Waals surface area contributed by atoms with Crippen LogP contribution >= 0.6 is 0 Å². The van der Waals surface area contributed by atoms with E-state index < -0.39 is 6.09 Å². The second-order valence-corrected chi connectivity index (χ2v) is 3.21. The third-order valence-electron chi connectivity index (χ3n) is 1.62. The standard InChI is InChI=1S/C11H14NO3/c1-8(2)15-11(13)12-9-6-4-5-7-10(9)14-3/h5-8H,1-3H3,(H,12,13). The van der Waals surface area contributed by atoms with Gasteiger partial charge in [-0.3, -0.25) is 5.32 Å². The van der Waals surface area contributed by atoms with Crippen LogP contribution in [-0.4, -0.2) is 19.3 Å². The predicted octanol–water partition coefficient (Wildman–Crippen LogP) is 2.45. The molecule has 0 spiro atoms. The highest BCUT2D eigenvalue weighted by Crippen LogP contribution is 2.22. The van der Waals surface area contributed by atoms with Crippen LogP contribution in [-0.2, 0) is 4.74 Å². The van der Waals surface area contributed by atoms with E-state index in [1.54, 1.807) is 32.0 Å². The Kier molecular flexibility index (Phi) is 3.97. The number of amides is 1. The molecule has 0 atom stereocenters. The van der Waals surface area contributed by atoms with Gasteiger partial charge in [0.05, 0.1) is 18.9 Å². The normalized spacial score (nSPS) is 9.87. The number of hydrogen-bond donors (Lipinski definition) is 1. The summed E-state index contributed by atoms with van der Waals surface area (Å²) in [6.45, 7) is 3.57. The van der Waals surface area contributed by atoms with Crippen LogP contribution in [0, 0.1) is 6.07 Å². The van der Waals surface area contributed by atoms with Gasteiger partial charge in [0.15, 0.2) is 0 Å². The number of rotatable bonds is 3. The van der Waals surface area contributed by atoms with Crippen LogP contribution in [0.2, 0.25) is 0 Å². The molecule has 1 N–H and O–H groups in total. The zero-order valence-corrected chi connectivity index (χ0v) is 9.03. The van der Waals surface area contributed by atoms with Gasteiger partial charge < -0.3 is 9.47 Å². The summed E-state index contributed by atoms with van der Waals surface area (Å²) in [6.07, 6.45) is -0.647. The van der Waals surface area contributed by atoms with Gasteiger partial charge in [0.2, 0.25) is 0 Å². The minimum absolute atomic E-state index is 0.149. The molecule has 0 bridgehead atoms. The van der Waals surface area contributed by atoms with Crippen molar-refractivity contribution in [3.63, 3.8) is 0 Å². The summed E-state index contributed by atoms with van der Waals surface area (Å²) in [6, 6.07) is 7.89. The van der Waals surface area contributed by atoms with Crippen LogP contribution in [0.4, 0.5) is 10.5 Å². The second-order valence-electron chi connectivity index (χ2n) is 3.21. The molecule has 0 aromatic heterocycles. The first-order chi connectivity index (χ1) is 7.13. The zero-order chi connectivity index (χ0) is 11.3. The van der Waals surface area contributed by atoms with E-state index in [-0.39, 0.29) is 6.10 Å². The maximum absolute atomic E-state index is 11.3. The summed E-state index contributed by atoms with van der Waals surface area (Å²) < 4.78 is 10.00. The summed E-state index contributed by atoms with van der Waals surface area (Å²) in [4.78, 5) is 11.3. The molecular weight excluding hydrogens is 194 g/mol. The number of hydrogen-bond acceptors (Lipinski definition) is 3. The molecule has 1 aromatic rings. The van der Waals surface area contributed by atoms with Gasteiger partial charge in [-0.15, -0.1) is 0 Å². The van der Waals surface area contributed by atoms with Crippen LogP contribution in [0.3, 0.4) is 0 Å². The molecule has 0 fully saturated rings. The third-order valence-corrected chi connectivity index (χ3v) is 1.62. The molecule has 0 saturated carbocycles. The molecule has 4 nitrogen and oxygen atoms in total. The number of benzene rings is 1. The number of nitrogens with one attached hydrogen (secondary N) is 1. The number of methoxy groups -OCH3 is 1. The molecule has 1 rings (SSSR count). The van der Waals surface area contributed by atoms with Gasteiger partial charge in [-0.2, -0.15) is 0 Å². The topological polar surface area (TPSA) is 47.6 Å². The Morgan fingerprint density at radius 3 is 2.87 bits per heavy atom. The summed E-state index contributed by atoms with van der Waals surface area (Å²) >= 11 is 0. The maximum atomic E-state index is 11.3. The Labute approximate surface area is 89.2 Å². The first-order valence-corrected chi connectivity index (χ1v) is 4.65. The minimum Gasteiger partial charge on any atom is -0.495 e. The van der Waals surface area contributed by atoms with E-state index in [9.17, 15) is 4.79 Å². The van der Waals surface area contributed by atoms with E-state index >= 15 is 0 Å². The first kappa shape index (κ1) is 11.4. The average molecular weight is 208 g/mol. The number of carbonyl (C=O) groups is 1. The van der Waals surface area contributed by atoms with Crippen molar-refractivity contribution in [2.75, 3.05) is 12.4 Å². The molecule has 0 saturated heterocycles. The number of carbonyl (C=O) groups excluding carboxylic acids is 1. The lowest BCUT2D eigenvalue weighted by molar-refractivity contribution is 0.130. The Bertz CT molecular complexity index is 336. The van der Waals surface area contributed by atoms with Crippen LogP contribution in [0.5, 0.6) is 5.75 Å². The number of ether oxygens (including phenoxy) is 2. The van der Waals surface area contributed by atoms with Gasteiger partial charge in [-0.05, 0) is 32.0 Å². The molecule has 1 aromatic carbocycles. The fraction of sp³-hybridized carbons (Fsp3) is 0.364. The molecule has 81 valence electrons. The summed E-state index contributed by atoms with van der Waals surface area (Å²) in [5.41, 5.74) is 0.547. The van der Waals surface area contributed by atoms with Crippen molar-refractivity contribution in [1.29, 1.82) is 0 Å². The van der Waals surface area contributed by atoms with Gasteiger partial charge in [-0.1, -0.05) is 6.07 Å². The Morgan fingerprint density at radius 1 is 1.53 bits per heavy atom. The van der Waals surface area contributed by atoms with Crippen molar-refractivity contribution in [3.05, 3.63) is 24.3 Å². The molecule has 1 amide bonds. The lowest BCUT2D eigenvalue weighted by Gasteiger charge is -2.11. The highest BCUT2D eigenvalue weighted by Gasteiger charge is 2.08. The molecule has 0 aliphatic heterocycles. The fourth-order valence-electron chi connectivity index (χ4n) is 1.05. The first-order valence-electron chi connectivity index (χ1n) is 4.65. The average Bonchev–Trinajstić information content (AvgIpc) is 2.17. The van der Waals surface area contributed by atoms with Crippen molar-refractivity contribution < 1.29 is 14.3 Å². The van der Waals surface area contributed by atoms with Gasteiger partial charge in [0.1, 0.15) is 5.75 Å². The van der Waals surface area contributed by atoms with Crippen molar-refractivity contribution in [3.8, 4) is 5.75 Å². The molecule has 1 radical (unpaired) electrons. The predicted molar refractivity (Wildman–Crippen MR) is 57.1 cm³/mol. The molecule has 0 aliphatic rings. The van der Waals surface area contributed by atoms with E-state index in [1.165, 1.54) is 7.11 Å². The minimum atomic E-state index is -0.497. The Hall–Kier alpha value is -1.71. The van der Waals surface area contributed by atoms with E-state index in [0.29, 0.717) is 11.4 Å². The van der Waals surface area contributed by atoms with E-state index in [1.807, 2.05) is 0 Å². The van der Waals surface area contributed by atoms with Gasteiger partial charge >= 0.3 is 6.09 Å². The Morgan fingerprint density at radius 2 is 2.27 bits per heavy atom. The SMILES string of the molecule is COc1cc[c]cc1NC(=O)OC(C)C. The Balaban J connectivity index is 2.67. The summed E-state index contributed by atoms with van der Waals surface area (Å²) in [5.74, 6) is 0.578. The van der Waals surface area contributed by atoms with Crippen LogP contribution in [0.15, 0.2) is 18.2 Å². The van der Waals surface area contributed by atoms with E-state index in [0.717, 1.165) is 0 Å². The molecule has 15 heavy (non-hydrogen) atoms. The highest BCUT2D eigenvalue weighted by atomic mass is 16.6. The van der Waals surface area contributed by atoms with E-state index in [2.05, 4.69) is 11.4 Å². The van der Waals surface area contributed by atoms with Crippen LogP contribution < -0.4 is 10.1 Å². The molecule has 4 heteroatoms. The van der Waals surface area contributed by atoms with Gasteiger partial charge in [0.25, 0.3) is 0 Å². The fourth-order valence-corrected chi connectivity index (χ4v) is 1.05. The second kappa shape index (κ2) is 5.24.